The van der Waals surface area contributed by atoms with Crippen LogP contribution in [-0.4, -0.2) is 38.0 Å². The molecule has 1 saturated heterocycles. The SMILES string of the molecule is COC(=O)CCNC(=O)C1CC(=O)N(c2ccc(Cl)cc2)C1. The van der Waals surface area contributed by atoms with Crippen molar-refractivity contribution in [2.45, 2.75) is 12.8 Å². The van der Waals surface area contributed by atoms with Crippen LogP contribution in [0.2, 0.25) is 5.02 Å². The number of nitrogens with one attached hydrogen (secondary N) is 1. The third-order valence-electron chi connectivity index (χ3n) is 3.49. The van der Waals surface area contributed by atoms with Crippen LogP contribution in [0.3, 0.4) is 0 Å². The highest BCUT2D eigenvalue weighted by Gasteiger charge is 2.34. The van der Waals surface area contributed by atoms with Gasteiger partial charge >= 0.3 is 5.97 Å². The molecule has 7 heteroatoms. The van der Waals surface area contributed by atoms with E-state index in [1.54, 1.807) is 29.2 Å². The quantitative estimate of drug-likeness (QED) is 0.830. The van der Waals surface area contributed by atoms with E-state index in [1.807, 2.05) is 0 Å². The van der Waals surface area contributed by atoms with Gasteiger partial charge in [-0.15, -0.1) is 0 Å². The van der Waals surface area contributed by atoms with E-state index in [0.717, 1.165) is 5.69 Å². The summed E-state index contributed by atoms with van der Waals surface area (Å²) >= 11 is 5.82. The minimum absolute atomic E-state index is 0.101. The number of esters is 1. The molecule has 1 unspecified atom stereocenters. The summed E-state index contributed by atoms with van der Waals surface area (Å²) < 4.78 is 4.50. The molecule has 0 bridgehead atoms. The molecular formula is C15H17ClN2O4. The van der Waals surface area contributed by atoms with Crippen molar-refractivity contribution < 1.29 is 19.1 Å². The summed E-state index contributed by atoms with van der Waals surface area (Å²) in [5.74, 6) is -1.13. The first-order valence-corrected chi connectivity index (χ1v) is 7.29. The first-order valence-electron chi connectivity index (χ1n) is 6.91. The van der Waals surface area contributed by atoms with Gasteiger partial charge in [0.1, 0.15) is 0 Å². The zero-order chi connectivity index (χ0) is 16.1. The highest BCUT2D eigenvalue weighted by atomic mass is 35.5. The molecular weight excluding hydrogens is 308 g/mol. The lowest BCUT2D eigenvalue weighted by molar-refractivity contribution is -0.140. The highest BCUT2D eigenvalue weighted by molar-refractivity contribution is 6.30. The van der Waals surface area contributed by atoms with Gasteiger partial charge in [0.15, 0.2) is 0 Å². The number of carbonyl (C=O) groups excluding carboxylic acids is 3. The first-order chi connectivity index (χ1) is 10.5. The van der Waals surface area contributed by atoms with Crippen molar-refractivity contribution >= 4 is 35.1 Å². The van der Waals surface area contributed by atoms with Gasteiger partial charge in [0.2, 0.25) is 11.8 Å². The molecule has 2 amide bonds. The minimum atomic E-state index is -0.416. The van der Waals surface area contributed by atoms with Gasteiger partial charge in [-0.1, -0.05) is 11.6 Å². The minimum Gasteiger partial charge on any atom is -0.469 e. The van der Waals surface area contributed by atoms with Crippen LogP contribution in [0.1, 0.15) is 12.8 Å². The van der Waals surface area contributed by atoms with E-state index in [4.69, 9.17) is 11.6 Å². The van der Waals surface area contributed by atoms with Gasteiger partial charge < -0.3 is 15.0 Å². The van der Waals surface area contributed by atoms with Crippen molar-refractivity contribution in [2.75, 3.05) is 25.1 Å². The van der Waals surface area contributed by atoms with Crippen molar-refractivity contribution in [1.82, 2.24) is 5.32 Å². The van der Waals surface area contributed by atoms with E-state index in [2.05, 4.69) is 10.1 Å². The molecule has 0 aromatic heterocycles. The van der Waals surface area contributed by atoms with Crippen molar-refractivity contribution in [3.05, 3.63) is 29.3 Å². The van der Waals surface area contributed by atoms with Crippen LogP contribution in [0.15, 0.2) is 24.3 Å². The van der Waals surface area contributed by atoms with Gasteiger partial charge in [-0.2, -0.15) is 0 Å². The molecule has 6 nitrogen and oxygen atoms in total. The first kappa shape index (κ1) is 16.3. The topological polar surface area (TPSA) is 75.7 Å². The fourth-order valence-electron chi connectivity index (χ4n) is 2.29. The van der Waals surface area contributed by atoms with Crippen LogP contribution in [0.25, 0.3) is 0 Å². The molecule has 0 radical (unpaired) electrons. The molecule has 1 atom stereocenters. The van der Waals surface area contributed by atoms with Gasteiger partial charge in [-0.05, 0) is 24.3 Å². The number of rotatable bonds is 5. The maximum absolute atomic E-state index is 12.0. The lowest BCUT2D eigenvalue weighted by atomic mass is 10.1. The van der Waals surface area contributed by atoms with E-state index in [1.165, 1.54) is 7.11 Å². The maximum Gasteiger partial charge on any atom is 0.307 e. The molecule has 118 valence electrons. The van der Waals surface area contributed by atoms with Gasteiger partial charge in [0, 0.05) is 30.2 Å². The largest absolute Gasteiger partial charge is 0.469 e. The molecule has 0 spiro atoms. The van der Waals surface area contributed by atoms with E-state index >= 15 is 0 Å². The standard InChI is InChI=1S/C15H17ClN2O4/c1-22-14(20)6-7-17-15(21)10-8-13(19)18(9-10)12-4-2-11(16)3-5-12/h2-5,10H,6-9H2,1H3,(H,17,21). The third-order valence-corrected chi connectivity index (χ3v) is 3.74. The fraction of sp³-hybridized carbons (Fsp3) is 0.400. The number of carbonyl (C=O) groups is 3. The van der Waals surface area contributed by atoms with Crippen molar-refractivity contribution in [1.29, 1.82) is 0 Å². The number of hydrogen-bond acceptors (Lipinski definition) is 4. The maximum atomic E-state index is 12.0. The van der Waals surface area contributed by atoms with Gasteiger partial charge in [-0.3, -0.25) is 14.4 Å². The second kappa shape index (κ2) is 7.26. The molecule has 1 heterocycles. The van der Waals surface area contributed by atoms with Crippen LogP contribution >= 0.6 is 11.6 Å². The number of nitrogens with zero attached hydrogens (tertiary/aromatic N) is 1. The number of hydrogen-bond donors (Lipinski definition) is 1. The van der Waals surface area contributed by atoms with Crippen molar-refractivity contribution in [3.8, 4) is 0 Å². The average molecular weight is 325 g/mol. The zero-order valence-electron chi connectivity index (χ0n) is 12.2. The highest BCUT2D eigenvalue weighted by Crippen LogP contribution is 2.26. The van der Waals surface area contributed by atoms with Crippen LogP contribution in [0.4, 0.5) is 5.69 Å². The molecule has 2 rings (SSSR count). The van der Waals surface area contributed by atoms with Crippen molar-refractivity contribution in [2.24, 2.45) is 5.92 Å². The molecule has 1 aliphatic heterocycles. The lowest BCUT2D eigenvalue weighted by Gasteiger charge is -2.16. The second-order valence-corrected chi connectivity index (χ2v) is 5.44. The number of halogens is 1. The lowest BCUT2D eigenvalue weighted by Crippen LogP contribution is -2.34. The zero-order valence-corrected chi connectivity index (χ0v) is 12.9. The van der Waals surface area contributed by atoms with Crippen LogP contribution in [0.5, 0.6) is 0 Å². The molecule has 22 heavy (non-hydrogen) atoms. The predicted molar refractivity (Wildman–Crippen MR) is 81.6 cm³/mol. The number of benzene rings is 1. The summed E-state index contributed by atoms with van der Waals surface area (Å²) in [6, 6.07) is 6.90. The van der Waals surface area contributed by atoms with E-state index in [-0.39, 0.29) is 37.2 Å². The number of ether oxygens (including phenoxy) is 1. The van der Waals surface area contributed by atoms with Crippen molar-refractivity contribution in [3.63, 3.8) is 0 Å². The summed E-state index contributed by atoms with van der Waals surface area (Å²) in [4.78, 5) is 36.6. The molecule has 0 aliphatic carbocycles. The van der Waals surface area contributed by atoms with E-state index in [9.17, 15) is 14.4 Å². The summed E-state index contributed by atoms with van der Waals surface area (Å²) in [5, 5.41) is 3.24. The van der Waals surface area contributed by atoms with Gasteiger partial charge in [0.25, 0.3) is 0 Å². The molecule has 1 aromatic carbocycles. The van der Waals surface area contributed by atoms with E-state index in [0.29, 0.717) is 11.6 Å². The van der Waals surface area contributed by atoms with Gasteiger partial charge in [-0.25, -0.2) is 0 Å². The van der Waals surface area contributed by atoms with Crippen LogP contribution < -0.4 is 10.2 Å². The van der Waals surface area contributed by atoms with Gasteiger partial charge in [0.05, 0.1) is 19.4 Å². The fourth-order valence-corrected chi connectivity index (χ4v) is 2.41. The molecule has 0 saturated carbocycles. The monoisotopic (exact) mass is 324 g/mol. The second-order valence-electron chi connectivity index (χ2n) is 5.00. The summed E-state index contributed by atoms with van der Waals surface area (Å²) in [5.41, 5.74) is 0.722. The molecule has 1 aliphatic rings. The number of anilines is 1. The Balaban J connectivity index is 1.90. The Morgan fingerprint density at radius 2 is 2.05 bits per heavy atom. The average Bonchev–Trinajstić information content (AvgIpc) is 2.90. The van der Waals surface area contributed by atoms with E-state index < -0.39 is 5.92 Å². The number of amides is 2. The summed E-state index contributed by atoms with van der Waals surface area (Å²) in [7, 11) is 1.30. The summed E-state index contributed by atoms with van der Waals surface area (Å²) in [6.45, 7) is 0.529. The Labute approximate surface area is 133 Å². The third kappa shape index (κ3) is 3.98. The Hall–Kier alpha value is -2.08. The Morgan fingerprint density at radius 1 is 1.36 bits per heavy atom. The predicted octanol–water partition coefficient (Wildman–Crippen LogP) is 1.37. The number of methoxy groups -OCH3 is 1. The molecule has 1 fully saturated rings. The Bertz CT molecular complexity index is 573. The normalized spacial score (nSPS) is 17.5. The smallest absolute Gasteiger partial charge is 0.307 e. The molecule has 1 N–H and O–H groups in total. The summed E-state index contributed by atoms with van der Waals surface area (Å²) in [6.07, 6.45) is 0.274. The van der Waals surface area contributed by atoms with Crippen LogP contribution in [-0.2, 0) is 19.1 Å². The van der Waals surface area contributed by atoms with Crippen LogP contribution in [0, 0.1) is 5.92 Å². The Kier molecular flexibility index (Phi) is 5.38. The Morgan fingerprint density at radius 3 is 2.68 bits per heavy atom. The molecule has 1 aromatic rings.